The maximum Gasteiger partial charge on any atom is 0.159 e. The molecule has 0 radical (unpaired) electrons. The molecule has 254 valence electrons. The van der Waals surface area contributed by atoms with Gasteiger partial charge in [0.25, 0.3) is 0 Å². The van der Waals surface area contributed by atoms with Crippen LogP contribution < -0.4 is 9.47 Å². The minimum absolute atomic E-state index is 0.371. The summed E-state index contributed by atoms with van der Waals surface area (Å²) in [5, 5.41) is 13.8. The lowest BCUT2D eigenvalue weighted by Crippen LogP contribution is -1.97. The van der Waals surface area contributed by atoms with E-state index in [1.165, 1.54) is 12.4 Å². The van der Waals surface area contributed by atoms with Crippen molar-refractivity contribution >= 4 is 43.6 Å². The first-order valence-corrected chi connectivity index (χ1v) is 17.3. The number of hydrogen-bond donors (Lipinski definition) is 0. The van der Waals surface area contributed by atoms with Crippen molar-refractivity contribution in [3.63, 3.8) is 0 Å². The Morgan fingerprint density at radius 3 is 1.41 bits per heavy atom. The van der Waals surface area contributed by atoms with Gasteiger partial charge in [0.15, 0.2) is 5.82 Å². The predicted octanol–water partition coefficient (Wildman–Crippen LogP) is 10.6. The monoisotopic (exact) mass is 697 g/mol. The predicted molar refractivity (Wildman–Crippen MR) is 209 cm³/mol. The molecule has 0 aliphatic carbocycles. The average Bonchev–Trinajstić information content (AvgIpc) is 3.73. The fourth-order valence-corrected chi connectivity index (χ4v) is 7.12. The Kier molecular flexibility index (Phi) is 7.30. The number of nitrogens with zero attached hydrogens (tertiary/aromatic N) is 7. The van der Waals surface area contributed by atoms with E-state index in [1.54, 1.807) is 12.4 Å². The molecule has 10 rings (SSSR count). The number of nitriles is 1. The van der Waals surface area contributed by atoms with Crippen molar-refractivity contribution < 1.29 is 9.47 Å². The third-order valence-corrected chi connectivity index (χ3v) is 9.44. The van der Waals surface area contributed by atoms with E-state index in [4.69, 9.17) is 9.47 Å². The van der Waals surface area contributed by atoms with Gasteiger partial charge in [-0.1, -0.05) is 48.5 Å². The second-order valence-electron chi connectivity index (χ2n) is 12.7. The maximum absolute atomic E-state index is 9.36. The molecule has 5 aromatic carbocycles. The lowest BCUT2D eigenvalue weighted by molar-refractivity contribution is 0.461. The van der Waals surface area contributed by atoms with Crippen LogP contribution in [0.4, 0.5) is 0 Å². The minimum atomic E-state index is 0.371. The smallest absolute Gasteiger partial charge is 0.159 e. The zero-order valence-corrected chi connectivity index (χ0v) is 28.5. The Labute approximate surface area is 308 Å². The number of benzene rings is 5. The normalized spacial score (nSPS) is 11.3. The second-order valence-corrected chi connectivity index (χ2v) is 12.7. The van der Waals surface area contributed by atoms with E-state index in [0.29, 0.717) is 39.9 Å². The van der Waals surface area contributed by atoms with Crippen LogP contribution in [0.3, 0.4) is 0 Å². The van der Waals surface area contributed by atoms with Gasteiger partial charge in [0.2, 0.25) is 0 Å². The molecule has 0 saturated heterocycles. The van der Waals surface area contributed by atoms with Crippen molar-refractivity contribution in [1.29, 1.82) is 5.26 Å². The summed E-state index contributed by atoms with van der Waals surface area (Å²) in [5.74, 6) is 4.38. The first kappa shape index (κ1) is 30.9. The van der Waals surface area contributed by atoms with E-state index >= 15 is 0 Å². The van der Waals surface area contributed by atoms with Crippen LogP contribution >= 0.6 is 0 Å². The Bertz CT molecular complexity index is 2880. The van der Waals surface area contributed by atoms with Crippen LogP contribution in [0.1, 0.15) is 5.56 Å². The highest BCUT2D eigenvalue weighted by Crippen LogP contribution is 2.39. The van der Waals surface area contributed by atoms with Gasteiger partial charge in [-0.25, -0.2) is 19.9 Å². The van der Waals surface area contributed by atoms with Gasteiger partial charge < -0.3 is 9.47 Å². The molecule has 5 aromatic heterocycles. The van der Waals surface area contributed by atoms with E-state index in [9.17, 15) is 5.26 Å². The van der Waals surface area contributed by atoms with Crippen molar-refractivity contribution in [3.05, 3.63) is 170 Å². The highest BCUT2D eigenvalue weighted by atomic mass is 16.5. The number of rotatable bonds is 7. The van der Waals surface area contributed by atoms with Gasteiger partial charge in [0, 0.05) is 70.1 Å². The van der Waals surface area contributed by atoms with Gasteiger partial charge in [-0.05, 0) is 72.8 Å². The van der Waals surface area contributed by atoms with Crippen LogP contribution in [-0.2, 0) is 0 Å². The first-order valence-electron chi connectivity index (χ1n) is 17.3. The molecular formula is C45H27N7O2. The van der Waals surface area contributed by atoms with Crippen LogP contribution in [0.15, 0.2) is 164 Å². The number of para-hydroxylation sites is 2. The number of ether oxygens (including phenoxy) is 2. The molecule has 0 spiro atoms. The quantitative estimate of drug-likeness (QED) is 0.163. The molecule has 9 heteroatoms. The Morgan fingerprint density at radius 2 is 0.926 bits per heavy atom. The zero-order chi connectivity index (χ0) is 36.0. The summed E-state index contributed by atoms with van der Waals surface area (Å²) in [6.45, 7) is 0. The standard InChI is InChI=1S/C45H27N7O2/c46-26-29-27-49-45(50-28-29)30-21-33(53-31-15-17-37-35-9-1-3-11-39(35)51(41(37)24-31)43-13-5-7-19-47-43)23-34(22-30)54-32-16-18-38-36-10-2-4-12-40(36)52(42(38)25-32)44-14-6-8-20-48-44/h1-25,27-28H. The van der Waals surface area contributed by atoms with Gasteiger partial charge in [-0.2, -0.15) is 5.26 Å². The van der Waals surface area contributed by atoms with E-state index in [1.807, 2.05) is 103 Å². The zero-order valence-electron chi connectivity index (χ0n) is 28.5. The van der Waals surface area contributed by atoms with Crippen molar-refractivity contribution in [1.82, 2.24) is 29.1 Å². The molecule has 0 aliphatic rings. The average molecular weight is 698 g/mol. The summed E-state index contributed by atoms with van der Waals surface area (Å²) < 4.78 is 17.5. The Morgan fingerprint density at radius 1 is 0.444 bits per heavy atom. The lowest BCUT2D eigenvalue weighted by Gasteiger charge is -2.13. The molecule has 0 atom stereocenters. The van der Waals surface area contributed by atoms with Crippen LogP contribution in [-0.4, -0.2) is 29.1 Å². The molecule has 5 heterocycles. The molecule has 0 bridgehead atoms. The topological polar surface area (TPSA) is 104 Å². The molecule has 9 nitrogen and oxygen atoms in total. The number of aromatic nitrogens is 6. The summed E-state index contributed by atoms with van der Waals surface area (Å²) in [6.07, 6.45) is 6.60. The maximum atomic E-state index is 9.36. The number of fused-ring (bicyclic) bond motifs is 6. The largest absolute Gasteiger partial charge is 0.457 e. The lowest BCUT2D eigenvalue weighted by atomic mass is 10.1. The molecule has 0 saturated carbocycles. The molecule has 0 unspecified atom stereocenters. The highest BCUT2D eigenvalue weighted by molar-refractivity contribution is 6.10. The Hall–Kier alpha value is -7.83. The Balaban J connectivity index is 1.08. The summed E-state index contributed by atoms with van der Waals surface area (Å²) >= 11 is 0. The van der Waals surface area contributed by atoms with Crippen LogP contribution in [0, 0.1) is 11.3 Å². The van der Waals surface area contributed by atoms with Gasteiger partial charge in [-0.15, -0.1) is 0 Å². The third kappa shape index (κ3) is 5.34. The van der Waals surface area contributed by atoms with E-state index < -0.39 is 0 Å². The molecule has 0 fully saturated rings. The van der Waals surface area contributed by atoms with Crippen molar-refractivity contribution in [2.75, 3.05) is 0 Å². The third-order valence-electron chi connectivity index (χ3n) is 9.44. The molecular weight excluding hydrogens is 671 g/mol. The first-order chi connectivity index (χ1) is 26.7. The molecule has 0 aliphatic heterocycles. The van der Waals surface area contributed by atoms with E-state index in [2.05, 4.69) is 71.5 Å². The fraction of sp³-hybridized carbons (Fsp3) is 0. The summed E-state index contributed by atoms with van der Waals surface area (Å²) in [6, 6.07) is 48.2. The SMILES string of the molecule is N#Cc1cnc(-c2cc(Oc3ccc4c5ccccc5n(-c5ccccn5)c4c3)cc(Oc3ccc4c5ccccc5n(-c5ccccn5)c4c3)c2)nc1. The van der Waals surface area contributed by atoms with Crippen molar-refractivity contribution in [3.8, 4) is 52.1 Å². The van der Waals surface area contributed by atoms with Gasteiger partial charge in [0.1, 0.15) is 40.7 Å². The minimum Gasteiger partial charge on any atom is -0.457 e. The molecule has 54 heavy (non-hydrogen) atoms. The molecule has 0 amide bonds. The highest BCUT2D eigenvalue weighted by Gasteiger charge is 2.17. The van der Waals surface area contributed by atoms with Crippen molar-refractivity contribution in [2.45, 2.75) is 0 Å². The number of hydrogen-bond acceptors (Lipinski definition) is 7. The van der Waals surface area contributed by atoms with E-state index in [0.717, 1.165) is 55.2 Å². The van der Waals surface area contributed by atoms with Crippen LogP contribution in [0.2, 0.25) is 0 Å². The van der Waals surface area contributed by atoms with Gasteiger partial charge in [-0.3, -0.25) is 9.13 Å². The number of pyridine rings is 2. The van der Waals surface area contributed by atoms with Crippen molar-refractivity contribution in [2.24, 2.45) is 0 Å². The second kappa shape index (κ2) is 12.7. The van der Waals surface area contributed by atoms with Gasteiger partial charge >= 0.3 is 0 Å². The summed E-state index contributed by atoms with van der Waals surface area (Å²) in [7, 11) is 0. The summed E-state index contributed by atoms with van der Waals surface area (Å²) in [5.41, 5.74) is 5.07. The molecule has 0 N–H and O–H groups in total. The van der Waals surface area contributed by atoms with Crippen LogP contribution in [0.25, 0.3) is 66.6 Å². The van der Waals surface area contributed by atoms with Crippen LogP contribution in [0.5, 0.6) is 23.0 Å². The molecule has 10 aromatic rings. The van der Waals surface area contributed by atoms with E-state index in [-0.39, 0.29) is 0 Å². The fourth-order valence-electron chi connectivity index (χ4n) is 7.12. The summed E-state index contributed by atoms with van der Waals surface area (Å²) in [4.78, 5) is 18.3. The van der Waals surface area contributed by atoms with Gasteiger partial charge in [0.05, 0.1) is 27.6 Å².